The lowest BCUT2D eigenvalue weighted by molar-refractivity contribution is -0.131. The number of carboxylic acids is 1. The van der Waals surface area contributed by atoms with Gasteiger partial charge in [0.25, 0.3) is 0 Å². The van der Waals surface area contributed by atoms with Crippen molar-refractivity contribution >= 4 is 35.1 Å². The molecule has 0 aliphatic heterocycles. The molecule has 0 spiro atoms. The van der Waals surface area contributed by atoms with Crippen molar-refractivity contribution in [1.29, 1.82) is 0 Å². The average Bonchev–Trinajstić information content (AvgIpc) is 2.83. The highest BCUT2D eigenvalue weighted by Gasteiger charge is 2.06. The molecule has 0 fully saturated rings. The summed E-state index contributed by atoms with van der Waals surface area (Å²) in [5, 5.41) is 10.5. The lowest BCUT2D eigenvalue weighted by Gasteiger charge is -2.02. The highest BCUT2D eigenvalue weighted by atomic mass is 32.2. The van der Waals surface area contributed by atoms with E-state index in [0.29, 0.717) is 10.6 Å². The summed E-state index contributed by atoms with van der Waals surface area (Å²) < 4.78 is 13.5. The highest BCUT2D eigenvalue weighted by Crippen LogP contribution is 2.29. The fourth-order valence-electron chi connectivity index (χ4n) is 1.48. The van der Waals surface area contributed by atoms with Crippen LogP contribution in [0.15, 0.2) is 46.7 Å². The van der Waals surface area contributed by atoms with Crippen LogP contribution in [0.5, 0.6) is 0 Å². The largest absolute Gasteiger partial charge is 0.478 e. The number of thiophene rings is 1. The summed E-state index contributed by atoms with van der Waals surface area (Å²) in [6.45, 7) is 0. The maximum atomic E-state index is 13.5. The SMILES string of the molecule is O=C(O)C=Cc1ccsc1CSc1ccccc1F. The van der Waals surface area contributed by atoms with Crippen LogP contribution in [-0.4, -0.2) is 11.1 Å². The number of benzene rings is 1. The van der Waals surface area contributed by atoms with Gasteiger partial charge in [-0.2, -0.15) is 0 Å². The fourth-order valence-corrected chi connectivity index (χ4v) is 3.42. The molecule has 2 rings (SSSR count). The smallest absolute Gasteiger partial charge is 0.328 e. The van der Waals surface area contributed by atoms with Crippen LogP contribution in [0, 0.1) is 5.82 Å². The second-order valence-electron chi connectivity index (χ2n) is 3.69. The number of carboxylic acid groups (broad SMARTS) is 1. The van der Waals surface area contributed by atoms with Crippen LogP contribution >= 0.6 is 23.1 Å². The molecule has 2 nitrogen and oxygen atoms in total. The van der Waals surface area contributed by atoms with Gasteiger partial charge in [0.15, 0.2) is 0 Å². The van der Waals surface area contributed by atoms with E-state index in [9.17, 15) is 9.18 Å². The van der Waals surface area contributed by atoms with E-state index in [1.54, 1.807) is 24.3 Å². The third-order valence-corrected chi connectivity index (χ3v) is 4.58. The zero-order chi connectivity index (χ0) is 13.7. The molecule has 2 aromatic rings. The van der Waals surface area contributed by atoms with E-state index in [4.69, 9.17) is 5.11 Å². The summed E-state index contributed by atoms with van der Waals surface area (Å²) >= 11 is 2.95. The Morgan fingerprint density at radius 3 is 2.89 bits per heavy atom. The maximum absolute atomic E-state index is 13.5. The van der Waals surface area contributed by atoms with Crippen molar-refractivity contribution in [1.82, 2.24) is 0 Å². The summed E-state index contributed by atoms with van der Waals surface area (Å²) in [6, 6.07) is 8.49. The molecule has 0 bridgehead atoms. The quantitative estimate of drug-likeness (QED) is 0.660. The van der Waals surface area contributed by atoms with Gasteiger partial charge in [-0.3, -0.25) is 0 Å². The molecule has 0 aliphatic rings. The molecule has 5 heteroatoms. The first kappa shape index (κ1) is 13.8. The van der Waals surface area contributed by atoms with E-state index in [-0.39, 0.29) is 5.82 Å². The number of hydrogen-bond donors (Lipinski definition) is 1. The van der Waals surface area contributed by atoms with Crippen molar-refractivity contribution < 1.29 is 14.3 Å². The predicted molar refractivity (Wildman–Crippen MR) is 76.9 cm³/mol. The molecule has 0 saturated carbocycles. The van der Waals surface area contributed by atoms with Gasteiger partial charge in [-0.25, -0.2) is 9.18 Å². The van der Waals surface area contributed by atoms with E-state index in [0.717, 1.165) is 16.5 Å². The van der Waals surface area contributed by atoms with Crippen molar-refractivity contribution in [2.45, 2.75) is 10.6 Å². The van der Waals surface area contributed by atoms with Gasteiger partial charge >= 0.3 is 5.97 Å². The monoisotopic (exact) mass is 294 g/mol. The van der Waals surface area contributed by atoms with Gasteiger partial charge in [0.05, 0.1) is 0 Å². The third-order valence-electron chi connectivity index (χ3n) is 2.38. The minimum absolute atomic E-state index is 0.230. The van der Waals surface area contributed by atoms with Crippen LogP contribution in [0.1, 0.15) is 10.4 Å². The Bertz CT molecular complexity index is 605. The minimum Gasteiger partial charge on any atom is -0.478 e. The van der Waals surface area contributed by atoms with E-state index in [2.05, 4.69) is 0 Å². The molecule has 1 aromatic carbocycles. The molecular formula is C14H11FO2S2. The number of thioether (sulfide) groups is 1. The van der Waals surface area contributed by atoms with Crippen LogP contribution in [-0.2, 0) is 10.5 Å². The Kier molecular flexibility index (Phi) is 4.76. The summed E-state index contributed by atoms with van der Waals surface area (Å²) in [5.41, 5.74) is 0.872. The van der Waals surface area contributed by atoms with Crippen LogP contribution in [0.25, 0.3) is 6.08 Å². The molecular weight excluding hydrogens is 283 g/mol. The first-order valence-electron chi connectivity index (χ1n) is 5.51. The van der Waals surface area contributed by atoms with Crippen LogP contribution in [0.4, 0.5) is 4.39 Å². The molecule has 1 heterocycles. The molecule has 0 atom stereocenters. The summed E-state index contributed by atoms with van der Waals surface area (Å²) in [5.74, 6) is -0.580. The first-order valence-corrected chi connectivity index (χ1v) is 7.38. The van der Waals surface area contributed by atoms with Gasteiger partial charge in [0, 0.05) is 21.6 Å². The van der Waals surface area contributed by atoms with Crippen molar-refractivity contribution in [3.05, 3.63) is 58.0 Å². The zero-order valence-electron chi connectivity index (χ0n) is 9.88. The third kappa shape index (κ3) is 3.94. The number of halogens is 1. The Hall–Kier alpha value is -1.59. The predicted octanol–water partition coefficient (Wildman–Crippen LogP) is 4.28. The zero-order valence-corrected chi connectivity index (χ0v) is 11.5. The van der Waals surface area contributed by atoms with Crippen molar-refractivity contribution in [3.63, 3.8) is 0 Å². The molecule has 98 valence electrons. The second kappa shape index (κ2) is 6.54. The Labute approximate surface area is 118 Å². The molecule has 0 amide bonds. The molecule has 0 aliphatic carbocycles. The second-order valence-corrected chi connectivity index (χ2v) is 5.71. The van der Waals surface area contributed by atoms with Gasteiger partial charge in [-0.15, -0.1) is 23.1 Å². The van der Waals surface area contributed by atoms with Gasteiger partial charge in [0.1, 0.15) is 5.82 Å². The van der Waals surface area contributed by atoms with E-state index >= 15 is 0 Å². The topological polar surface area (TPSA) is 37.3 Å². The van der Waals surface area contributed by atoms with Gasteiger partial charge in [-0.05, 0) is 35.2 Å². The minimum atomic E-state index is -0.973. The number of hydrogen-bond acceptors (Lipinski definition) is 3. The Morgan fingerprint density at radius 2 is 2.16 bits per heavy atom. The molecule has 0 saturated heterocycles. The molecule has 19 heavy (non-hydrogen) atoms. The van der Waals surface area contributed by atoms with Crippen LogP contribution in [0.2, 0.25) is 0 Å². The fraction of sp³-hybridized carbons (Fsp3) is 0.0714. The lowest BCUT2D eigenvalue weighted by atomic mass is 10.2. The summed E-state index contributed by atoms with van der Waals surface area (Å²) in [4.78, 5) is 12.1. The average molecular weight is 294 g/mol. The van der Waals surface area contributed by atoms with Crippen molar-refractivity contribution in [2.24, 2.45) is 0 Å². The van der Waals surface area contributed by atoms with Gasteiger partial charge in [-0.1, -0.05) is 12.1 Å². The Morgan fingerprint density at radius 1 is 1.37 bits per heavy atom. The van der Waals surface area contributed by atoms with E-state index in [1.165, 1.54) is 29.2 Å². The number of aliphatic carboxylic acids is 1. The maximum Gasteiger partial charge on any atom is 0.328 e. The Balaban J connectivity index is 2.06. The van der Waals surface area contributed by atoms with Crippen LogP contribution < -0.4 is 0 Å². The first-order chi connectivity index (χ1) is 9.16. The van der Waals surface area contributed by atoms with E-state index in [1.807, 2.05) is 11.4 Å². The number of carbonyl (C=O) groups is 1. The summed E-state index contributed by atoms with van der Waals surface area (Å²) in [6.07, 6.45) is 2.68. The highest BCUT2D eigenvalue weighted by molar-refractivity contribution is 7.98. The standard InChI is InChI=1S/C14H11FO2S2/c15-11-3-1-2-4-12(11)19-9-13-10(7-8-18-13)5-6-14(16)17/h1-8H,9H2,(H,16,17). The van der Waals surface area contributed by atoms with E-state index < -0.39 is 5.97 Å². The normalized spacial score (nSPS) is 11.0. The number of rotatable bonds is 5. The van der Waals surface area contributed by atoms with Crippen molar-refractivity contribution in [3.8, 4) is 0 Å². The molecule has 1 N–H and O–H groups in total. The molecule has 1 aromatic heterocycles. The molecule has 0 radical (unpaired) electrons. The van der Waals surface area contributed by atoms with Gasteiger partial charge in [0.2, 0.25) is 0 Å². The van der Waals surface area contributed by atoms with Crippen molar-refractivity contribution in [2.75, 3.05) is 0 Å². The summed E-state index contributed by atoms with van der Waals surface area (Å²) in [7, 11) is 0. The molecule has 0 unspecified atom stereocenters. The van der Waals surface area contributed by atoms with Gasteiger partial charge < -0.3 is 5.11 Å². The lowest BCUT2D eigenvalue weighted by Crippen LogP contribution is -1.86. The van der Waals surface area contributed by atoms with Crippen LogP contribution in [0.3, 0.4) is 0 Å².